The summed E-state index contributed by atoms with van der Waals surface area (Å²) in [5.41, 5.74) is 1.26. The molecule has 0 aliphatic rings. The molecule has 5 heteroatoms. The molecule has 0 saturated heterocycles. The van der Waals surface area contributed by atoms with Crippen LogP contribution < -0.4 is 9.98 Å². The Labute approximate surface area is 124 Å². The first-order valence-corrected chi connectivity index (χ1v) is 7.01. The molecule has 0 bridgehead atoms. The molecular formula is C15H12AlN3O. The Morgan fingerprint density at radius 3 is 2.65 bits per heavy atom. The third-order valence-corrected chi connectivity index (χ3v) is 3.57. The summed E-state index contributed by atoms with van der Waals surface area (Å²) in [5.74, 6) is 0.720. The first kappa shape index (κ1) is 13.0. The number of rotatable bonds is 2. The second-order valence-corrected chi connectivity index (χ2v) is 5.15. The van der Waals surface area contributed by atoms with Crippen molar-refractivity contribution < 1.29 is 0 Å². The molecule has 0 fully saturated rings. The summed E-state index contributed by atoms with van der Waals surface area (Å²) in [5, 5.41) is 0.541. The van der Waals surface area contributed by atoms with Gasteiger partial charge in [0.25, 0.3) is 5.56 Å². The number of pyridine rings is 1. The second kappa shape index (κ2) is 5.20. The summed E-state index contributed by atoms with van der Waals surface area (Å²) in [4.78, 5) is 21.3. The molecule has 2 radical (unpaired) electrons. The van der Waals surface area contributed by atoms with Crippen LogP contribution in [0.1, 0.15) is 12.7 Å². The van der Waals surface area contributed by atoms with Gasteiger partial charge in [-0.15, -0.1) is 4.43 Å². The van der Waals surface area contributed by atoms with Gasteiger partial charge in [-0.3, -0.25) is 9.36 Å². The van der Waals surface area contributed by atoms with Crippen molar-refractivity contribution in [3.8, 4) is 5.69 Å². The van der Waals surface area contributed by atoms with Gasteiger partial charge < -0.3 is 0 Å². The van der Waals surface area contributed by atoms with Crippen LogP contribution in [0.2, 0.25) is 0 Å². The van der Waals surface area contributed by atoms with Gasteiger partial charge in [0.1, 0.15) is 5.82 Å². The number of nitrogens with zero attached hydrogens (tertiary/aromatic N) is 3. The lowest BCUT2D eigenvalue weighted by Gasteiger charge is -2.12. The summed E-state index contributed by atoms with van der Waals surface area (Å²) < 4.78 is 2.74. The maximum Gasteiger partial charge on any atom is 0.267 e. The van der Waals surface area contributed by atoms with Gasteiger partial charge >= 0.3 is 0 Å². The topological polar surface area (TPSA) is 47.8 Å². The summed E-state index contributed by atoms with van der Waals surface area (Å²) in [7, 11) is 0. The number of aryl methyl sites for hydroxylation is 1. The van der Waals surface area contributed by atoms with Gasteiger partial charge in [-0.2, -0.15) is 0 Å². The highest BCUT2D eigenvalue weighted by Gasteiger charge is 2.11. The molecule has 4 nitrogen and oxygen atoms in total. The van der Waals surface area contributed by atoms with Crippen molar-refractivity contribution in [3.63, 3.8) is 0 Å². The summed E-state index contributed by atoms with van der Waals surface area (Å²) >= 11 is 2.63. The second-order valence-electron chi connectivity index (χ2n) is 4.49. The molecule has 1 aromatic carbocycles. The van der Waals surface area contributed by atoms with Crippen molar-refractivity contribution in [1.29, 1.82) is 0 Å². The molecule has 0 spiro atoms. The highest BCUT2D eigenvalue weighted by atomic mass is 27.0. The number of hydrogen-bond acceptors (Lipinski definition) is 3. The molecule has 3 aromatic rings. The fraction of sp³-hybridized carbons (Fsp3) is 0.133. The van der Waals surface area contributed by atoms with E-state index in [0.29, 0.717) is 17.5 Å². The third-order valence-electron chi connectivity index (χ3n) is 3.18. The normalized spacial score (nSPS) is 10.8. The van der Waals surface area contributed by atoms with E-state index in [1.54, 1.807) is 22.9 Å². The lowest BCUT2D eigenvalue weighted by Crippen LogP contribution is -2.24. The fourth-order valence-corrected chi connectivity index (χ4v) is 2.38. The van der Waals surface area contributed by atoms with Gasteiger partial charge in [0.2, 0.25) is 0 Å². The molecule has 2 aromatic heterocycles. The van der Waals surface area contributed by atoms with E-state index in [4.69, 9.17) is 0 Å². The minimum Gasteiger partial charge on any atom is -0.268 e. The summed E-state index contributed by atoms with van der Waals surface area (Å²) in [6.07, 6.45) is 2.33. The Balaban J connectivity index is 2.36. The number of aromatic nitrogens is 3. The van der Waals surface area contributed by atoms with Gasteiger partial charge in [0.05, 0.1) is 11.1 Å². The monoisotopic (exact) mass is 277 g/mol. The van der Waals surface area contributed by atoms with Gasteiger partial charge in [-0.1, -0.05) is 19.1 Å². The quantitative estimate of drug-likeness (QED) is 0.660. The average Bonchev–Trinajstić information content (AvgIpc) is 2.48. The van der Waals surface area contributed by atoms with Crippen LogP contribution in [0.25, 0.3) is 16.7 Å². The first-order valence-electron chi connectivity index (χ1n) is 6.43. The highest BCUT2D eigenvalue weighted by Crippen LogP contribution is 2.11. The Morgan fingerprint density at radius 2 is 1.95 bits per heavy atom. The molecule has 96 valence electrons. The van der Waals surface area contributed by atoms with E-state index in [9.17, 15) is 4.79 Å². The standard InChI is InChI=1S/C15H12N3O.Al/c1-2-13-17-14-12(9-6-10-16-14)15(19)18(13)11-7-4-3-5-8-11;/h4-10H,2H2,1H3;. The Hall–Kier alpha value is -1.96. The average molecular weight is 277 g/mol. The lowest BCUT2D eigenvalue weighted by atomic mass is 10.2. The van der Waals surface area contributed by atoms with E-state index in [-0.39, 0.29) is 5.56 Å². The maximum absolute atomic E-state index is 12.7. The third kappa shape index (κ3) is 2.15. The fourth-order valence-electron chi connectivity index (χ4n) is 2.19. The molecule has 0 unspecified atom stereocenters. The zero-order valence-corrected chi connectivity index (χ0v) is 12.2. The largest absolute Gasteiger partial charge is 0.268 e. The molecule has 0 atom stereocenters. The zero-order valence-electron chi connectivity index (χ0n) is 11.1. The molecule has 0 N–H and O–H groups in total. The maximum atomic E-state index is 12.7. The highest BCUT2D eigenvalue weighted by molar-refractivity contribution is 6.32. The predicted molar refractivity (Wildman–Crippen MR) is 79.9 cm³/mol. The van der Waals surface area contributed by atoms with Crippen molar-refractivity contribution in [2.75, 3.05) is 0 Å². The van der Waals surface area contributed by atoms with Crippen molar-refractivity contribution in [3.05, 3.63) is 58.8 Å². The van der Waals surface area contributed by atoms with Gasteiger partial charge in [0, 0.05) is 12.6 Å². The van der Waals surface area contributed by atoms with Crippen LogP contribution in [0.4, 0.5) is 0 Å². The van der Waals surface area contributed by atoms with Crippen LogP contribution in [-0.2, 0) is 6.42 Å². The first-order chi connectivity index (χ1) is 9.70. The van der Waals surface area contributed by atoms with E-state index < -0.39 is 0 Å². The van der Waals surface area contributed by atoms with Crippen LogP contribution in [0.5, 0.6) is 0 Å². The van der Waals surface area contributed by atoms with Gasteiger partial charge in [-0.25, -0.2) is 9.97 Å². The Morgan fingerprint density at radius 1 is 1.20 bits per heavy atom. The van der Waals surface area contributed by atoms with Crippen LogP contribution in [0, 0.1) is 0 Å². The lowest BCUT2D eigenvalue weighted by molar-refractivity contribution is 0.829. The number of benzene rings is 1. The van der Waals surface area contributed by atoms with Crippen molar-refractivity contribution in [1.82, 2.24) is 14.5 Å². The molecule has 0 amide bonds. The van der Waals surface area contributed by atoms with Gasteiger partial charge in [0.15, 0.2) is 21.9 Å². The molecule has 0 aliphatic carbocycles. The molecular weight excluding hydrogens is 265 g/mol. The van der Waals surface area contributed by atoms with Crippen LogP contribution in [-0.4, -0.2) is 30.8 Å². The van der Waals surface area contributed by atoms with E-state index in [1.165, 1.54) is 0 Å². The minimum atomic E-state index is -0.0727. The van der Waals surface area contributed by atoms with Crippen molar-refractivity contribution in [2.24, 2.45) is 0 Å². The number of hydrogen-bond donors (Lipinski definition) is 0. The molecule has 2 heterocycles. The Bertz CT molecular complexity index is 825. The van der Waals surface area contributed by atoms with E-state index in [2.05, 4.69) is 26.3 Å². The van der Waals surface area contributed by atoms with E-state index >= 15 is 0 Å². The van der Waals surface area contributed by atoms with Crippen molar-refractivity contribution >= 4 is 31.7 Å². The summed E-state index contributed by atoms with van der Waals surface area (Å²) in [6, 6.07) is 11.3. The molecule has 20 heavy (non-hydrogen) atoms. The van der Waals surface area contributed by atoms with Crippen LogP contribution >= 0.6 is 0 Å². The number of fused-ring (bicyclic) bond motifs is 1. The Kier molecular flexibility index (Phi) is 3.39. The van der Waals surface area contributed by atoms with Crippen molar-refractivity contribution in [2.45, 2.75) is 13.3 Å². The molecule has 3 rings (SSSR count). The smallest absolute Gasteiger partial charge is 0.267 e. The summed E-state index contributed by atoms with van der Waals surface area (Å²) in [6.45, 7) is 1.98. The molecule has 0 saturated carbocycles. The van der Waals surface area contributed by atoms with Gasteiger partial charge in [-0.05, 0) is 24.3 Å². The molecule has 0 aliphatic heterocycles. The minimum absolute atomic E-state index is 0.0727. The zero-order chi connectivity index (χ0) is 14.1. The SMILES string of the molecule is CCc1nc2ncccc2c(=O)n1-c1cc[c]([Al])cc1. The van der Waals surface area contributed by atoms with Crippen LogP contribution in [0.3, 0.4) is 0 Å². The predicted octanol–water partition coefficient (Wildman–Crippen LogP) is 1.14. The van der Waals surface area contributed by atoms with Crippen LogP contribution in [0.15, 0.2) is 47.4 Å². The van der Waals surface area contributed by atoms with E-state index in [0.717, 1.165) is 15.9 Å². The van der Waals surface area contributed by atoms with E-state index in [1.807, 2.05) is 31.2 Å².